The van der Waals surface area contributed by atoms with Crippen molar-refractivity contribution in [3.05, 3.63) is 0 Å². The van der Waals surface area contributed by atoms with Crippen molar-refractivity contribution in [3.63, 3.8) is 0 Å². The molecule has 1 amide bonds. The van der Waals surface area contributed by atoms with Crippen molar-refractivity contribution in [2.75, 3.05) is 34.2 Å². The van der Waals surface area contributed by atoms with Gasteiger partial charge in [-0.15, -0.1) is 0 Å². The Balaban J connectivity index is 3.17. The minimum Gasteiger partial charge on any atom is -0.465 e. The Labute approximate surface area is 86.5 Å². The van der Waals surface area contributed by atoms with Gasteiger partial charge in [-0.1, -0.05) is 12.8 Å². The number of hydrogen-bond donors (Lipinski definition) is 1. The average Bonchev–Trinajstić information content (AvgIpc) is 2.09. The standard InChI is InChI=1S/C10H22N2O2/c1-11(2)8-6-4-5-7-9-12(3)10(13)14/h4-9H2,1-3H3,(H,13,14). The number of rotatable bonds is 7. The Bertz CT molecular complexity index is 160. The molecular formula is C10H22N2O2. The highest BCUT2D eigenvalue weighted by Gasteiger charge is 2.03. The molecule has 0 saturated carbocycles. The van der Waals surface area contributed by atoms with Crippen LogP contribution < -0.4 is 0 Å². The Kier molecular flexibility index (Phi) is 7.20. The third-order valence-corrected chi connectivity index (χ3v) is 2.18. The molecule has 0 aromatic rings. The second-order valence-electron chi connectivity index (χ2n) is 3.92. The maximum Gasteiger partial charge on any atom is 0.407 e. The quantitative estimate of drug-likeness (QED) is 0.639. The van der Waals surface area contributed by atoms with E-state index >= 15 is 0 Å². The van der Waals surface area contributed by atoms with E-state index in [0.29, 0.717) is 6.54 Å². The molecule has 1 N–H and O–H groups in total. The van der Waals surface area contributed by atoms with Crippen LogP contribution in [0.4, 0.5) is 4.79 Å². The molecule has 14 heavy (non-hydrogen) atoms. The van der Waals surface area contributed by atoms with E-state index in [0.717, 1.165) is 19.4 Å². The Morgan fingerprint density at radius 3 is 1.93 bits per heavy atom. The van der Waals surface area contributed by atoms with E-state index < -0.39 is 6.09 Å². The van der Waals surface area contributed by atoms with E-state index in [1.54, 1.807) is 7.05 Å². The molecule has 0 unspecified atom stereocenters. The molecule has 0 aliphatic rings. The molecule has 0 aromatic carbocycles. The molecular weight excluding hydrogens is 180 g/mol. The molecule has 0 radical (unpaired) electrons. The lowest BCUT2D eigenvalue weighted by atomic mass is 10.2. The number of nitrogens with zero attached hydrogens (tertiary/aromatic N) is 2. The van der Waals surface area contributed by atoms with E-state index in [4.69, 9.17) is 5.11 Å². The SMILES string of the molecule is CN(C)CCCCCCN(C)C(=O)O. The monoisotopic (exact) mass is 202 g/mol. The number of hydrogen-bond acceptors (Lipinski definition) is 2. The topological polar surface area (TPSA) is 43.8 Å². The number of amides is 1. The first-order valence-electron chi connectivity index (χ1n) is 5.13. The summed E-state index contributed by atoms with van der Waals surface area (Å²) in [5, 5.41) is 8.58. The van der Waals surface area contributed by atoms with Crippen LogP contribution in [0, 0.1) is 0 Å². The van der Waals surface area contributed by atoms with Crippen LogP contribution in [-0.4, -0.2) is 55.2 Å². The average molecular weight is 202 g/mol. The number of carboxylic acid groups (broad SMARTS) is 1. The van der Waals surface area contributed by atoms with Crippen molar-refractivity contribution in [3.8, 4) is 0 Å². The minimum absolute atomic E-state index is 0.650. The van der Waals surface area contributed by atoms with Crippen LogP contribution in [0.1, 0.15) is 25.7 Å². The van der Waals surface area contributed by atoms with Gasteiger partial charge in [0, 0.05) is 13.6 Å². The van der Waals surface area contributed by atoms with Crippen LogP contribution in [-0.2, 0) is 0 Å². The predicted molar refractivity (Wildman–Crippen MR) is 57.7 cm³/mol. The van der Waals surface area contributed by atoms with Gasteiger partial charge in [0.25, 0.3) is 0 Å². The van der Waals surface area contributed by atoms with Crippen LogP contribution in [0.25, 0.3) is 0 Å². The first kappa shape index (κ1) is 13.2. The molecule has 0 saturated heterocycles. The van der Waals surface area contributed by atoms with Crippen LogP contribution >= 0.6 is 0 Å². The molecule has 84 valence electrons. The summed E-state index contributed by atoms with van der Waals surface area (Å²) in [5.74, 6) is 0. The molecule has 0 aliphatic heterocycles. The van der Waals surface area contributed by atoms with Crippen molar-refractivity contribution >= 4 is 6.09 Å². The van der Waals surface area contributed by atoms with Crippen LogP contribution in [0.2, 0.25) is 0 Å². The lowest BCUT2D eigenvalue weighted by Gasteiger charge is -2.12. The van der Waals surface area contributed by atoms with E-state index in [-0.39, 0.29) is 0 Å². The lowest BCUT2D eigenvalue weighted by molar-refractivity contribution is 0.155. The van der Waals surface area contributed by atoms with Gasteiger partial charge in [0.15, 0.2) is 0 Å². The highest BCUT2D eigenvalue weighted by molar-refractivity contribution is 5.64. The van der Waals surface area contributed by atoms with Crippen molar-refractivity contribution < 1.29 is 9.90 Å². The van der Waals surface area contributed by atoms with Crippen molar-refractivity contribution in [2.24, 2.45) is 0 Å². The summed E-state index contributed by atoms with van der Waals surface area (Å²) in [6.07, 6.45) is 3.63. The Morgan fingerprint density at radius 2 is 1.50 bits per heavy atom. The summed E-state index contributed by atoms with van der Waals surface area (Å²) >= 11 is 0. The van der Waals surface area contributed by atoms with Gasteiger partial charge in [0.05, 0.1) is 0 Å². The number of unbranched alkanes of at least 4 members (excludes halogenated alkanes) is 3. The van der Waals surface area contributed by atoms with E-state index in [2.05, 4.69) is 19.0 Å². The molecule has 0 rings (SSSR count). The lowest BCUT2D eigenvalue weighted by Crippen LogP contribution is -2.25. The van der Waals surface area contributed by atoms with Gasteiger partial charge in [-0.3, -0.25) is 0 Å². The van der Waals surface area contributed by atoms with Gasteiger partial charge in [0.2, 0.25) is 0 Å². The van der Waals surface area contributed by atoms with Gasteiger partial charge in [-0.25, -0.2) is 4.79 Å². The van der Waals surface area contributed by atoms with Crippen LogP contribution in [0.3, 0.4) is 0 Å². The Hall–Kier alpha value is -0.770. The third kappa shape index (κ3) is 7.86. The zero-order chi connectivity index (χ0) is 11.0. The molecule has 0 bridgehead atoms. The molecule has 0 atom stereocenters. The number of carbonyl (C=O) groups is 1. The largest absolute Gasteiger partial charge is 0.465 e. The van der Waals surface area contributed by atoms with Crippen molar-refractivity contribution in [1.82, 2.24) is 9.80 Å². The zero-order valence-corrected chi connectivity index (χ0v) is 9.49. The zero-order valence-electron chi connectivity index (χ0n) is 9.49. The predicted octanol–water partition coefficient (Wildman–Crippen LogP) is 1.72. The molecule has 0 fully saturated rings. The summed E-state index contributed by atoms with van der Waals surface area (Å²) in [6, 6.07) is 0. The fourth-order valence-electron chi connectivity index (χ4n) is 1.23. The van der Waals surface area contributed by atoms with Gasteiger partial charge < -0.3 is 14.9 Å². The molecule has 0 aromatic heterocycles. The third-order valence-electron chi connectivity index (χ3n) is 2.18. The normalized spacial score (nSPS) is 10.6. The van der Waals surface area contributed by atoms with Crippen LogP contribution in [0.5, 0.6) is 0 Å². The maximum atomic E-state index is 10.4. The van der Waals surface area contributed by atoms with Gasteiger partial charge >= 0.3 is 6.09 Å². The van der Waals surface area contributed by atoms with Gasteiger partial charge in [-0.2, -0.15) is 0 Å². The maximum absolute atomic E-state index is 10.4. The fraction of sp³-hybridized carbons (Fsp3) is 0.900. The highest BCUT2D eigenvalue weighted by atomic mass is 16.4. The Morgan fingerprint density at radius 1 is 1.00 bits per heavy atom. The molecule has 4 heteroatoms. The molecule has 4 nitrogen and oxygen atoms in total. The first-order chi connectivity index (χ1) is 6.54. The summed E-state index contributed by atoms with van der Waals surface area (Å²) in [7, 11) is 5.75. The van der Waals surface area contributed by atoms with E-state index in [1.807, 2.05) is 0 Å². The molecule has 0 heterocycles. The second kappa shape index (κ2) is 7.62. The smallest absolute Gasteiger partial charge is 0.407 e. The first-order valence-corrected chi connectivity index (χ1v) is 5.13. The van der Waals surface area contributed by atoms with E-state index in [1.165, 1.54) is 17.7 Å². The van der Waals surface area contributed by atoms with Crippen LogP contribution in [0.15, 0.2) is 0 Å². The molecule has 0 aliphatic carbocycles. The van der Waals surface area contributed by atoms with E-state index in [9.17, 15) is 4.79 Å². The van der Waals surface area contributed by atoms with Crippen molar-refractivity contribution in [1.29, 1.82) is 0 Å². The summed E-state index contributed by atoms with van der Waals surface area (Å²) in [6.45, 7) is 1.77. The summed E-state index contributed by atoms with van der Waals surface area (Å²) in [4.78, 5) is 13.9. The fourth-order valence-corrected chi connectivity index (χ4v) is 1.23. The van der Waals surface area contributed by atoms with Gasteiger partial charge in [-0.05, 0) is 33.5 Å². The van der Waals surface area contributed by atoms with Crippen molar-refractivity contribution in [2.45, 2.75) is 25.7 Å². The molecule has 0 spiro atoms. The minimum atomic E-state index is -0.835. The second-order valence-corrected chi connectivity index (χ2v) is 3.92. The van der Waals surface area contributed by atoms with Gasteiger partial charge in [0.1, 0.15) is 0 Å². The summed E-state index contributed by atoms with van der Waals surface area (Å²) in [5.41, 5.74) is 0. The summed E-state index contributed by atoms with van der Waals surface area (Å²) < 4.78 is 0. The highest BCUT2D eigenvalue weighted by Crippen LogP contribution is 2.01.